The Morgan fingerprint density at radius 1 is 1.13 bits per heavy atom. The molecule has 3 aromatic rings. The van der Waals surface area contributed by atoms with Crippen LogP contribution in [0.3, 0.4) is 0 Å². The van der Waals surface area contributed by atoms with Crippen molar-refractivity contribution in [1.82, 2.24) is 4.90 Å². The largest absolute Gasteiger partial charge is 0.493 e. The van der Waals surface area contributed by atoms with Gasteiger partial charge in [-0.1, -0.05) is 12.1 Å². The summed E-state index contributed by atoms with van der Waals surface area (Å²) in [5.74, 6) is 0.838. The molecule has 1 aliphatic heterocycles. The second-order valence-corrected chi connectivity index (χ2v) is 6.63. The van der Waals surface area contributed by atoms with Gasteiger partial charge in [-0.2, -0.15) is 0 Å². The molecular weight excluding hydrogens is 390 g/mol. The van der Waals surface area contributed by atoms with Crippen LogP contribution in [0.15, 0.2) is 59.2 Å². The van der Waals surface area contributed by atoms with Gasteiger partial charge in [-0.3, -0.25) is 14.9 Å². The van der Waals surface area contributed by atoms with E-state index in [4.69, 9.17) is 13.9 Å². The standard InChI is InChI=1S/C21H19N3O6/c1-28-18-10-15(17(24(26)27)11-19(18)29-2)20-22-16-8-4-3-7-14(16)21(25)23(20)12-13-6-5-9-30-13/h3-11,20,22H,12H2,1-2H3/t20-/m1/s1. The minimum absolute atomic E-state index is 0.128. The Balaban J connectivity index is 1.88. The topological polar surface area (TPSA) is 107 Å². The molecule has 1 amide bonds. The number of nitrogens with zero attached hydrogens (tertiary/aromatic N) is 2. The van der Waals surface area contributed by atoms with Gasteiger partial charge in [-0.15, -0.1) is 0 Å². The Morgan fingerprint density at radius 2 is 1.87 bits per heavy atom. The van der Waals surface area contributed by atoms with Crippen molar-refractivity contribution >= 4 is 17.3 Å². The van der Waals surface area contributed by atoms with Crippen LogP contribution in [0, 0.1) is 10.1 Å². The van der Waals surface area contributed by atoms with Crippen molar-refractivity contribution in [2.24, 2.45) is 0 Å². The summed E-state index contributed by atoms with van der Waals surface area (Å²) in [7, 11) is 2.85. The summed E-state index contributed by atoms with van der Waals surface area (Å²) < 4.78 is 16.0. The molecule has 4 rings (SSSR count). The normalized spacial score (nSPS) is 15.3. The molecule has 30 heavy (non-hydrogen) atoms. The first kappa shape index (κ1) is 19.3. The Hall–Kier alpha value is -4.01. The lowest BCUT2D eigenvalue weighted by Crippen LogP contribution is -2.42. The third kappa shape index (κ3) is 3.30. The SMILES string of the molecule is COc1cc([C@@H]2Nc3ccccc3C(=O)N2Cc2ccco2)c([N+](=O)[O-])cc1OC. The lowest BCUT2D eigenvalue weighted by Gasteiger charge is -2.37. The molecule has 154 valence electrons. The number of rotatable bonds is 6. The molecule has 2 heterocycles. The Morgan fingerprint density at radius 3 is 2.53 bits per heavy atom. The first-order valence-corrected chi connectivity index (χ1v) is 9.12. The lowest BCUT2D eigenvalue weighted by molar-refractivity contribution is -0.386. The zero-order valence-electron chi connectivity index (χ0n) is 16.3. The highest BCUT2D eigenvalue weighted by Crippen LogP contribution is 2.42. The molecule has 9 nitrogen and oxygen atoms in total. The summed E-state index contributed by atoms with van der Waals surface area (Å²) >= 11 is 0. The summed E-state index contributed by atoms with van der Waals surface area (Å²) in [4.78, 5) is 26.1. The van der Waals surface area contributed by atoms with Crippen LogP contribution in [-0.2, 0) is 6.54 Å². The molecule has 0 radical (unpaired) electrons. The zero-order valence-corrected chi connectivity index (χ0v) is 16.3. The molecule has 9 heteroatoms. The van der Waals surface area contributed by atoms with Crippen LogP contribution < -0.4 is 14.8 Å². The number of nitrogens with one attached hydrogen (secondary N) is 1. The molecule has 0 bridgehead atoms. The molecule has 0 unspecified atom stereocenters. The van der Waals surface area contributed by atoms with Crippen LogP contribution in [0.4, 0.5) is 11.4 Å². The summed E-state index contributed by atoms with van der Waals surface area (Å²) in [5.41, 5.74) is 1.14. The van der Waals surface area contributed by atoms with Gasteiger partial charge in [0.15, 0.2) is 11.5 Å². The second-order valence-electron chi connectivity index (χ2n) is 6.63. The van der Waals surface area contributed by atoms with Gasteiger partial charge < -0.3 is 24.1 Å². The number of fused-ring (bicyclic) bond motifs is 1. The van der Waals surface area contributed by atoms with E-state index in [-0.39, 0.29) is 29.5 Å². The van der Waals surface area contributed by atoms with Gasteiger partial charge >= 0.3 is 0 Å². The maximum atomic E-state index is 13.3. The van der Waals surface area contributed by atoms with Gasteiger partial charge in [-0.05, 0) is 30.3 Å². The van der Waals surface area contributed by atoms with Crippen molar-refractivity contribution in [3.05, 3.63) is 81.8 Å². The van der Waals surface area contributed by atoms with Crippen LogP contribution in [-0.4, -0.2) is 29.9 Å². The van der Waals surface area contributed by atoms with E-state index in [0.29, 0.717) is 22.8 Å². The number of para-hydroxylation sites is 1. The van der Waals surface area contributed by atoms with E-state index >= 15 is 0 Å². The van der Waals surface area contributed by atoms with Crippen molar-refractivity contribution in [2.45, 2.75) is 12.7 Å². The van der Waals surface area contributed by atoms with E-state index < -0.39 is 11.1 Å². The molecule has 0 fully saturated rings. The summed E-state index contributed by atoms with van der Waals surface area (Å²) in [6.07, 6.45) is 0.691. The third-order valence-corrected chi connectivity index (χ3v) is 4.95. The fourth-order valence-electron chi connectivity index (χ4n) is 3.53. The molecular formula is C21H19N3O6. The Bertz CT molecular complexity index is 1100. The van der Waals surface area contributed by atoms with Gasteiger partial charge in [0.1, 0.15) is 11.9 Å². The van der Waals surface area contributed by atoms with Crippen molar-refractivity contribution in [3.63, 3.8) is 0 Å². The fourth-order valence-corrected chi connectivity index (χ4v) is 3.53. The van der Waals surface area contributed by atoms with E-state index in [1.54, 1.807) is 36.4 Å². The number of furan rings is 1. The average Bonchev–Trinajstić information content (AvgIpc) is 3.27. The molecule has 2 aromatic carbocycles. The first-order valence-electron chi connectivity index (χ1n) is 9.12. The van der Waals surface area contributed by atoms with Gasteiger partial charge in [0.05, 0.1) is 49.1 Å². The number of amides is 1. The van der Waals surface area contributed by atoms with Gasteiger partial charge in [0, 0.05) is 5.69 Å². The number of carbonyl (C=O) groups is 1. The number of nitro benzene ring substituents is 1. The molecule has 1 atom stereocenters. The molecule has 0 saturated heterocycles. The number of carbonyl (C=O) groups excluding carboxylic acids is 1. The number of methoxy groups -OCH3 is 2. The highest BCUT2D eigenvalue weighted by Gasteiger charge is 2.37. The summed E-state index contributed by atoms with van der Waals surface area (Å²) in [6, 6.07) is 13.3. The van der Waals surface area contributed by atoms with Crippen molar-refractivity contribution in [3.8, 4) is 11.5 Å². The number of ether oxygens (including phenoxy) is 2. The molecule has 0 spiro atoms. The molecule has 1 aromatic heterocycles. The summed E-state index contributed by atoms with van der Waals surface area (Å²) in [6.45, 7) is 0.128. The third-order valence-electron chi connectivity index (χ3n) is 4.95. The molecule has 1 N–H and O–H groups in total. The lowest BCUT2D eigenvalue weighted by atomic mass is 10.0. The summed E-state index contributed by atoms with van der Waals surface area (Å²) in [5, 5.41) is 15.1. The number of hydrogen-bond donors (Lipinski definition) is 1. The van der Waals surface area contributed by atoms with E-state index in [2.05, 4.69) is 5.32 Å². The van der Waals surface area contributed by atoms with Crippen LogP contribution in [0.1, 0.15) is 27.8 Å². The molecule has 1 aliphatic rings. The van der Waals surface area contributed by atoms with E-state index in [1.807, 2.05) is 0 Å². The highest BCUT2D eigenvalue weighted by atomic mass is 16.6. The number of hydrogen-bond acceptors (Lipinski definition) is 7. The van der Waals surface area contributed by atoms with Crippen molar-refractivity contribution in [1.29, 1.82) is 0 Å². The van der Waals surface area contributed by atoms with Gasteiger partial charge in [0.25, 0.3) is 11.6 Å². The maximum Gasteiger partial charge on any atom is 0.280 e. The highest BCUT2D eigenvalue weighted by molar-refractivity contribution is 6.01. The molecule has 0 saturated carbocycles. The number of nitro groups is 1. The number of anilines is 1. The van der Waals surface area contributed by atoms with Crippen molar-refractivity contribution < 1.29 is 23.6 Å². The average molecular weight is 409 g/mol. The van der Waals surface area contributed by atoms with Crippen LogP contribution >= 0.6 is 0 Å². The van der Waals surface area contributed by atoms with E-state index in [9.17, 15) is 14.9 Å². The zero-order chi connectivity index (χ0) is 21.3. The van der Waals surface area contributed by atoms with Gasteiger partial charge in [0.2, 0.25) is 0 Å². The van der Waals surface area contributed by atoms with E-state index in [0.717, 1.165) is 0 Å². The second kappa shape index (κ2) is 7.78. The quantitative estimate of drug-likeness (QED) is 0.485. The van der Waals surface area contributed by atoms with Crippen molar-refractivity contribution in [2.75, 3.05) is 19.5 Å². The monoisotopic (exact) mass is 409 g/mol. The Kier molecular flexibility index (Phi) is 5.01. The van der Waals surface area contributed by atoms with Gasteiger partial charge in [-0.25, -0.2) is 0 Å². The maximum absolute atomic E-state index is 13.3. The predicted octanol–water partition coefficient (Wildman–Crippen LogP) is 3.97. The van der Waals surface area contributed by atoms with Crippen LogP contribution in [0.2, 0.25) is 0 Å². The number of benzene rings is 2. The van der Waals surface area contributed by atoms with E-state index in [1.165, 1.54) is 37.5 Å². The first-order chi connectivity index (χ1) is 14.5. The molecule has 0 aliphatic carbocycles. The predicted molar refractivity (Wildman–Crippen MR) is 108 cm³/mol. The van der Waals surface area contributed by atoms with Crippen LogP contribution in [0.5, 0.6) is 11.5 Å². The fraction of sp³-hybridized carbons (Fsp3) is 0.190. The minimum Gasteiger partial charge on any atom is -0.493 e. The van der Waals surface area contributed by atoms with Crippen LogP contribution in [0.25, 0.3) is 0 Å². The Labute approximate surface area is 172 Å². The minimum atomic E-state index is -0.822. The smallest absolute Gasteiger partial charge is 0.280 e.